The van der Waals surface area contributed by atoms with E-state index in [1.165, 1.54) is 43.6 Å². The normalized spacial score (nSPS) is 11.1. The van der Waals surface area contributed by atoms with Gasteiger partial charge in [-0.2, -0.15) is 0 Å². The second kappa shape index (κ2) is 12.9. The molecule has 2 rings (SSSR count). The maximum absolute atomic E-state index is 12.5. The fourth-order valence-corrected chi connectivity index (χ4v) is 2.98. The molecule has 0 unspecified atom stereocenters. The van der Waals surface area contributed by atoms with E-state index in [0.717, 1.165) is 17.5 Å². The lowest BCUT2D eigenvalue weighted by Gasteiger charge is -2.17. The van der Waals surface area contributed by atoms with Crippen molar-refractivity contribution in [2.45, 2.75) is 58.5 Å². The minimum absolute atomic E-state index is 0.140. The van der Waals surface area contributed by atoms with Crippen LogP contribution >= 0.6 is 0 Å². The van der Waals surface area contributed by atoms with Gasteiger partial charge in [0, 0.05) is 12.6 Å². The maximum atomic E-state index is 12.5. The van der Waals surface area contributed by atoms with Crippen LogP contribution in [0.2, 0.25) is 0 Å². The van der Waals surface area contributed by atoms with Gasteiger partial charge in [-0.15, -0.1) is 0 Å². The third-order valence-corrected chi connectivity index (χ3v) is 4.75. The summed E-state index contributed by atoms with van der Waals surface area (Å²) in [7, 11) is 1.65. The Morgan fingerprint density at radius 3 is 2.32 bits per heavy atom. The quantitative estimate of drug-likeness (QED) is 0.305. The fraction of sp³-hybridized carbons (Fsp3) is 0.400. The van der Waals surface area contributed by atoms with Crippen LogP contribution in [0.3, 0.4) is 0 Å². The van der Waals surface area contributed by atoms with Crippen molar-refractivity contribution in [3.05, 3.63) is 77.4 Å². The fourth-order valence-electron chi connectivity index (χ4n) is 2.98. The number of hydrogen-bond donors (Lipinski definition) is 0. The monoisotopic (exact) mass is 379 g/mol. The van der Waals surface area contributed by atoms with E-state index in [-0.39, 0.29) is 5.91 Å². The summed E-state index contributed by atoms with van der Waals surface area (Å²) in [5, 5.41) is 1.30. The van der Waals surface area contributed by atoms with Crippen LogP contribution in [0.4, 0.5) is 0 Å². The van der Waals surface area contributed by atoms with Crippen LogP contribution in [0, 0.1) is 0 Å². The van der Waals surface area contributed by atoms with Gasteiger partial charge >= 0.3 is 0 Å². The molecule has 28 heavy (non-hydrogen) atoms. The second-order valence-corrected chi connectivity index (χ2v) is 7.14. The zero-order chi connectivity index (χ0) is 20.0. The summed E-state index contributed by atoms with van der Waals surface area (Å²) in [5.41, 5.74) is 2.78. The molecule has 3 heteroatoms. The van der Waals surface area contributed by atoms with Crippen LogP contribution in [-0.2, 0) is 11.4 Å². The molecule has 0 heterocycles. The molecule has 2 aromatic carbocycles. The van der Waals surface area contributed by atoms with E-state index in [1.807, 2.05) is 54.6 Å². The van der Waals surface area contributed by atoms with Gasteiger partial charge in [-0.05, 0) is 36.1 Å². The summed E-state index contributed by atoms with van der Waals surface area (Å²) in [6.45, 7) is 2.62. The number of carbonyl (C=O) groups is 1. The van der Waals surface area contributed by atoms with Gasteiger partial charge in [-0.3, -0.25) is 9.63 Å². The molecule has 0 radical (unpaired) electrons. The molecule has 3 nitrogen and oxygen atoms in total. The first kappa shape index (κ1) is 21.9. The number of hydroxylamine groups is 2. The third kappa shape index (κ3) is 8.10. The van der Waals surface area contributed by atoms with Crippen molar-refractivity contribution in [1.29, 1.82) is 0 Å². The number of unbranched alkanes of at least 4 members (excludes halogenated alkanes) is 6. The Kier molecular flexibility index (Phi) is 10.1. The van der Waals surface area contributed by atoms with Crippen LogP contribution in [0.1, 0.15) is 73.4 Å². The van der Waals surface area contributed by atoms with E-state index in [9.17, 15) is 4.79 Å². The summed E-state index contributed by atoms with van der Waals surface area (Å²) in [6.07, 6.45) is 13.4. The number of nitrogens with zero attached hydrogens (tertiary/aromatic N) is 1. The molecule has 1 amide bonds. The molecule has 150 valence electrons. The van der Waals surface area contributed by atoms with Crippen LogP contribution in [0.5, 0.6) is 0 Å². The number of rotatable bonds is 12. The molecule has 0 fully saturated rings. The van der Waals surface area contributed by atoms with E-state index in [1.54, 1.807) is 7.05 Å². The minimum Gasteiger partial charge on any atom is -0.267 e. The summed E-state index contributed by atoms with van der Waals surface area (Å²) in [6, 6.07) is 17.5. The Hall–Kier alpha value is -2.39. The topological polar surface area (TPSA) is 29.5 Å². The van der Waals surface area contributed by atoms with Crippen molar-refractivity contribution in [1.82, 2.24) is 5.06 Å². The Morgan fingerprint density at radius 1 is 0.929 bits per heavy atom. The molecule has 0 spiro atoms. The summed E-state index contributed by atoms with van der Waals surface area (Å²) < 4.78 is 0. The highest BCUT2D eigenvalue weighted by atomic mass is 16.7. The average Bonchev–Trinajstić information content (AvgIpc) is 2.74. The Bertz CT molecular complexity index is 707. The molecule has 0 aliphatic carbocycles. The number of carbonyl (C=O) groups excluding carboxylic acids is 1. The summed E-state index contributed by atoms with van der Waals surface area (Å²) >= 11 is 0. The van der Waals surface area contributed by atoms with Crippen LogP contribution in [0.25, 0.3) is 6.08 Å². The van der Waals surface area contributed by atoms with Gasteiger partial charge in [0.2, 0.25) is 0 Å². The molecule has 0 N–H and O–H groups in total. The number of amides is 1. The molecule has 0 aliphatic rings. The van der Waals surface area contributed by atoms with Crippen molar-refractivity contribution < 1.29 is 9.63 Å². The lowest BCUT2D eigenvalue weighted by atomic mass is 10.1. The average molecular weight is 380 g/mol. The first-order valence-electron chi connectivity index (χ1n) is 10.4. The second-order valence-electron chi connectivity index (χ2n) is 7.14. The van der Waals surface area contributed by atoms with Gasteiger partial charge in [0.1, 0.15) is 6.61 Å². The lowest BCUT2D eigenvalue weighted by Crippen LogP contribution is -2.26. The number of benzene rings is 2. The summed E-state index contributed by atoms with van der Waals surface area (Å²) in [4.78, 5) is 18.0. The molecule has 0 aromatic heterocycles. The first-order valence-corrected chi connectivity index (χ1v) is 10.4. The van der Waals surface area contributed by atoms with E-state index in [2.05, 4.69) is 19.1 Å². The van der Waals surface area contributed by atoms with Gasteiger partial charge in [0.25, 0.3) is 5.91 Å². The van der Waals surface area contributed by atoms with E-state index in [0.29, 0.717) is 12.2 Å². The van der Waals surface area contributed by atoms with Crippen LogP contribution in [0.15, 0.2) is 60.7 Å². The van der Waals surface area contributed by atoms with Crippen molar-refractivity contribution in [2.24, 2.45) is 0 Å². The predicted molar refractivity (Wildman–Crippen MR) is 117 cm³/mol. The Labute approximate surface area is 170 Å². The van der Waals surface area contributed by atoms with Gasteiger partial charge in [-0.1, -0.05) is 93.6 Å². The number of hydrogen-bond acceptors (Lipinski definition) is 2. The molecule has 0 aliphatic heterocycles. The van der Waals surface area contributed by atoms with Crippen molar-refractivity contribution >= 4 is 12.0 Å². The van der Waals surface area contributed by atoms with Crippen molar-refractivity contribution in [3.8, 4) is 0 Å². The first-order chi connectivity index (χ1) is 13.7. The number of allylic oxidation sites excluding steroid dienone is 1. The standard InChI is InChI=1S/C25H33NO2/c1-3-4-5-6-7-8-9-11-14-22-17-19-24(20-18-22)25(27)26(2)28-21-23-15-12-10-13-16-23/h10-20H,3-9,21H2,1-2H3/b14-11-. The van der Waals surface area contributed by atoms with Gasteiger partial charge in [-0.25, -0.2) is 5.06 Å². The van der Waals surface area contributed by atoms with Crippen LogP contribution in [-0.4, -0.2) is 18.0 Å². The van der Waals surface area contributed by atoms with Crippen molar-refractivity contribution in [2.75, 3.05) is 7.05 Å². The molecule has 0 saturated carbocycles. The van der Waals surface area contributed by atoms with E-state index in [4.69, 9.17) is 4.84 Å². The predicted octanol–water partition coefficient (Wildman–Crippen LogP) is 6.65. The maximum Gasteiger partial charge on any atom is 0.277 e. The van der Waals surface area contributed by atoms with Gasteiger partial charge < -0.3 is 0 Å². The molecule has 0 saturated heterocycles. The lowest BCUT2D eigenvalue weighted by molar-refractivity contribution is -0.116. The molecule has 0 atom stereocenters. The zero-order valence-corrected chi connectivity index (χ0v) is 17.3. The summed E-state index contributed by atoms with van der Waals surface area (Å²) in [5.74, 6) is -0.140. The Morgan fingerprint density at radius 2 is 1.61 bits per heavy atom. The van der Waals surface area contributed by atoms with E-state index < -0.39 is 0 Å². The highest BCUT2D eigenvalue weighted by Crippen LogP contribution is 2.12. The largest absolute Gasteiger partial charge is 0.277 e. The minimum atomic E-state index is -0.140. The van der Waals surface area contributed by atoms with Gasteiger partial charge in [0.15, 0.2) is 0 Å². The molecular weight excluding hydrogens is 346 g/mol. The SMILES string of the molecule is CCCCCCCC/C=C\c1ccc(C(=O)N(C)OCc2ccccc2)cc1. The highest BCUT2D eigenvalue weighted by molar-refractivity contribution is 5.93. The molecular formula is C25H33NO2. The smallest absolute Gasteiger partial charge is 0.267 e. The van der Waals surface area contributed by atoms with Gasteiger partial charge in [0.05, 0.1) is 0 Å². The Balaban J connectivity index is 1.73. The molecule has 2 aromatic rings. The third-order valence-electron chi connectivity index (χ3n) is 4.75. The highest BCUT2D eigenvalue weighted by Gasteiger charge is 2.12. The molecule has 0 bridgehead atoms. The van der Waals surface area contributed by atoms with Crippen LogP contribution < -0.4 is 0 Å². The zero-order valence-electron chi connectivity index (χ0n) is 17.3. The van der Waals surface area contributed by atoms with Crippen molar-refractivity contribution in [3.63, 3.8) is 0 Å². The van der Waals surface area contributed by atoms with E-state index >= 15 is 0 Å².